The maximum absolute atomic E-state index is 12.5. The van der Waals surface area contributed by atoms with Crippen LogP contribution in [0.25, 0.3) is 0 Å². The maximum atomic E-state index is 12.5. The second-order valence-corrected chi connectivity index (χ2v) is 4.81. The van der Waals surface area contributed by atoms with E-state index in [1.165, 1.54) is 4.90 Å². The number of carbonyl (C=O) groups is 1. The third-order valence-electron chi connectivity index (χ3n) is 3.57. The summed E-state index contributed by atoms with van der Waals surface area (Å²) in [5.74, 6) is -1.49. The zero-order valence-electron chi connectivity index (χ0n) is 9.59. The number of piperidine rings is 1. The molecular weight excluding hydrogens is 233 g/mol. The van der Waals surface area contributed by atoms with Crippen molar-refractivity contribution >= 4 is 5.91 Å². The molecule has 2 atom stereocenters. The lowest BCUT2D eigenvalue weighted by Crippen LogP contribution is -2.48. The van der Waals surface area contributed by atoms with Crippen molar-refractivity contribution in [1.82, 2.24) is 10.2 Å². The third kappa shape index (κ3) is 2.91. The van der Waals surface area contributed by atoms with Crippen LogP contribution in [0.15, 0.2) is 0 Å². The fourth-order valence-electron chi connectivity index (χ4n) is 2.51. The van der Waals surface area contributed by atoms with Crippen LogP contribution in [-0.2, 0) is 4.79 Å². The van der Waals surface area contributed by atoms with Crippen molar-refractivity contribution in [3.05, 3.63) is 0 Å². The highest BCUT2D eigenvalue weighted by Gasteiger charge is 2.45. The normalized spacial score (nSPS) is 30.6. The first-order valence-corrected chi connectivity index (χ1v) is 6.07. The lowest BCUT2D eigenvalue weighted by molar-refractivity contribution is -0.171. The fraction of sp³-hybridized carbons (Fsp3) is 0.909. The van der Waals surface area contributed by atoms with Gasteiger partial charge in [0.2, 0.25) is 5.91 Å². The average Bonchev–Trinajstić information content (AvgIpc) is 2.78. The van der Waals surface area contributed by atoms with Gasteiger partial charge < -0.3 is 10.2 Å². The summed E-state index contributed by atoms with van der Waals surface area (Å²) in [7, 11) is 0. The molecule has 0 bridgehead atoms. The average molecular weight is 250 g/mol. The molecule has 0 aromatic rings. The van der Waals surface area contributed by atoms with Gasteiger partial charge in [-0.15, -0.1) is 0 Å². The van der Waals surface area contributed by atoms with Gasteiger partial charge in [0.05, 0.1) is 12.0 Å². The Kier molecular flexibility index (Phi) is 3.61. The predicted molar refractivity (Wildman–Crippen MR) is 56.4 cm³/mol. The summed E-state index contributed by atoms with van der Waals surface area (Å²) in [5, 5.41) is 3.08. The van der Waals surface area contributed by atoms with E-state index in [-0.39, 0.29) is 31.5 Å². The summed E-state index contributed by atoms with van der Waals surface area (Å²) < 4.78 is 37.5. The van der Waals surface area contributed by atoms with Crippen LogP contribution < -0.4 is 5.32 Å². The highest BCUT2D eigenvalue weighted by atomic mass is 19.4. The van der Waals surface area contributed by atoms with E-state index in [0.717, 1.165) is 25.8 Å². The first-order valence-electron chi connectivity index (χ1n) is 6.07. The molecule has 0 aromatic carbocycles. The van der Waals surface area contributed by atoms with Crippen molar-refractivity contribution < 1.29 is 18.0 Å². The molecule has 0 radical (unpaired) electrons. The molecule has 0 spiro atoms. The van der Waals surface area contributed by atoms with Crippen molar-refractivity contribution in [3.63, 3.8) is 0 Å². The Labute approximate surface area is 98.3 Å². The largest absolute Gasteiger partial charge is 0.393 e. The van der Waals surface area contributed by atoms with Gasteiger partial charge in [-0.2, -0.15) is 13.2 Å². The standard InChI is InChI=1S/C11H17F3N2O/c12-11(13,14)8-4-6-16(7-8)10(17)9-3-1-2-5-15-9/h8-9,15H,1-7H2/t8-,9+/m1/s1. The molecule has 3 nitrogen and oxygen atoms in total. The number of likely N-dealkylation sites (tertiary alicyclic amines) is 1. The lowest BCUT2D eigenvalue weighted by atomic mass is 10.0. The van der Waals surface area contributed by atoms with E-state index in [0.29, 0.717) is 0 Å². The summed E-state index contributed by atoms with van der Waals surface area (Å²) in [4.78, 5) is 13.3. The predicted octanol–water partition coefficient (Wildman–Crippen LogP) is 1.54. The Hall–Kier alpha value is -0.780. The van der Waals surface area contributed by atoms with E-state index < -0.39 is 12.1 Å². The second kappa shape index (κ2) is 4.84. The fourth-order valence-corrected chi connectivity index (χ4v) is 2.51. The highest BCUT2D eigenvalue weighted by Crippen LogP contribution is 2.33. The van der Waals surface area contributed by atoms with Crippen molar-refractivity contribution in [2.45, 2.75) is 37.9 Å². The number of hydrogen-bond acceptors (Lipinski definition) is 2. The smallest absolute Gasteiger partial charge is 0.341 e. The van der Waals surface area contributed by atoms with Crippen molar-refractivity contribution in [1.29, 1.82) is 0 Å². The van der Waals surface area contributed by atoms with E-state index in [4.69, 9.17) is 0 Å². The zero-order chi connectivity index (χ0) is 12.5. The number of halogens is 3. The monoisotopic (exact) mass is 250 g/mol. The summed E-state index contributed by atoms with van der Waals surface area (Å²) >= 11 is 0. The van der Waals surface area contributed by atoms with E-state index in [1.807, 2.05) is 0 Å². The van der Waals surface area contributed by atoms with Crippen LogP contribution in [-0.4, -0.2) is 42.7 Å². The van der Waals surface area contributed by atoms with E-state index in [2.05, 4.69) is 5.32 Å². The van der Waals surface area contributed by atoms with Gasteiger partial charge in [-0.1, -0.05) is 6.42 Å². The van der Waals surface area contributed by atoms with E-state index in [1.54, 1.807) is 0 Å². The Balaban J connectivity index is 1.89. The molecule has 2 aliphatic heterocycles. The van der Waals surface area contributed by atoms with Crippen LogP contribution in [0.2, 0.25) is 0 Å². The van der Waals surface area contributed by atoms with E-state index in [9.17, 15) is 18.0 Å². The Morgan fingerprint density at radius 2 is 2.00 bits per heavy atom. The van der Waals surface area contributed by atoms with Gasteiger partial charge in [0.1, 0.15) is 0 Å². The molecule has 1 N–H and O–H groups in total. The van der Waals surface area contributed by atoms with Gasteiger partial charge >= 0.3 is 6.18 Å². The molecule has 0 saturated carbocycles. The van der Waals surface area contributed by atoms with Crippen LogP contribution in [0.3, 0.4) is 0 Å². The van der Waals surface area contributed by atoms with Crippen molar-refractivity contribution in [2.24, 2.45) is 5.92 Å². The molecule has 0 unspecified atom stereocenters. The number of alkyl halides is 3. The molecule has 2 heterocycles. The van der Waals surface area contributed by atoms with Crippen LogP contribution in [0.4, 0.5) is 13.2 Å². The second-order valence-electron chi connectivity index (χ2n) is 4.81. The Morgan fingerprint density at radius 1 is 1.24 bits per heavy atom. The zero-order valence-corrected chi connectivity index (χ0v) is 9.59. The quantitative estimate of drug-likeness (QED) is 0.765. The first-order chi connectivity index (χ1) is 7.98. The highest BCUT2D eigenvalue weighted by molar-refractivity contribution is 5.82. The number of nitrogens with zero attached hydrogens (tertiary/aromatic N) is 1. The Bertz CT molecular complexity index is 287. The number of amides is 1. The van der Waals surface area contributed by atoms with Gasteiger partial charge in [0.15, 0.2) is 0 Å². The number of rotatable bonds is 1. The van der Waals surface area contributed by atoms with Crippen LogP contribution in [0.1, 0.15) is 25.7 Å². The van der Waals surface area contributed by atoms with E-state index >= 15 is 0 Å². The third-order valence-corrected chi connectivity index (χ3v) is 3.57. The van der Waals surface area contributed by atoms with Crippen molar-refractivity contribution in [3.8, 4) is 0 Å². The molecule has 2 fully saturated rings. The molecule has 17 heavy (non-hydrogen) atoms. The number of carbonyl (C=O) groups excluding carboxylic acids is 1. The SMILES string of the molecule is O=C([C@@H]1CCCCN1)N1CC[C@@H](C(F)(F)F)C1. The molecule has 2 saturated heterocycles. The Morgan fingerprint density at radius 3 is 2.53 bits per heavy atom. The van der Waals surface area contributed by atoms with Crippen molar-refractivity contribution in [2.75, 3.05) is 19.6 Å². The maximum Gasteiger partial charge on any atom is 0.393 e. The summed E-state index contributed by atoms with van der Waals surface area (Å²) in [6.45, 7) is 0.856. The van der Waals surface area contributed by atoms with Gasteiger partial charge in [0, 0.05) is 13.1 Å². The minimum atomic E-state index is -4.17. The first kappa shape index (κ1) is 12.7. The summed E-state index contributed by atoms with van der Waals surface area (Å²) in [5.41, 5.74) is 0. The molecule has 6 heteroatoms. The minimum absolute atomic E-state index is 0.0436. The van der Waals surface area contributed by atoms with Gasteiger partial charge in [-0.25, -0.2) is 0 Å². The molecule has 1 amide bonds. The van der Waals surface area contributed by atoms with Gasteiger partial charge in [-0.3, -0.25) is 4.79 Å². The van der Waals surface area contributed by atoms with Gasteiger partial charge in [0.25, 0.3) is 0 Å². The number of hydrogen-bond donors (Lipinski definition) is 1. The lowest BCUT2D eigenvalue weighted by Gasteiger charge is -2.27. The van der Waals surface area contributed by atoms with Crippen LogP contribution >= 0.6 is 0 Å². The molecule has 98 valence electrons. The molecule has 0 aliphatic carbocycles. The molecule has 0 aromatic heterocycles. The molecule has 2 aliphatic rings. The minimum Gasteiger partial charge on any atom is -0.341 e. The number of nitrogens with one attached hydrogen (secondary N) is 1. The molecule has 2 rings (SSSR count). The topological polar surface area (TPSA) is 32.3 Å². The van der Waals surface area contributed by atoms with Crippen LogP contribution in [0.5, 0.6) is 0 Å². The molecular formula is C11H17F3N2O. The van der Waals surface area contributed by atoms with Crippen LogP contribution in [0, 0.1) is 5.92 Å². The summed E-state index contributed by atoms with van der Waals surface area (Å²) in [6, 6.07) is -0.268. The summed E-state index contributed by atoms with van der Waals surface area (Å²) in [6.07, 6.45) is -1.38. The van der Waals surface area contributed by atoms with Gasteiger partial charge in [-0.05, 0) is 25.8 Å².